The smallest absolute Gasteiger partial charge is 0.314 e. The fraction of sp³-hybridized carbons (Fsp3) is 0.643. The molecular weight excluding hydrogens is 242 g/mol. The summed E-state index contributed by atoms with van der Waals surface area (Å²) in [7, 11) is 0. The van der Waals surface area contributed by atoms with Gasteiger partial charge in [-0.25, -0.2) is 4.79 Å². The summed E-state index contributed by atoms with van der Waals surface area (Å²) in [6, 6.07) is 3.71. The van der Waals surface area contributed by atoms with E-state index in [1.165, 1.54) is 6.42 Å². The van der Waals surface area contributed by atoms with E-state index >= 15 is 0 Å². The molecule has 1 aromatic heterocycles. The molecule has 2 amide bonds. The van der Waals surface area contributed by atoms with Crippen LogP contribution in [0.2, 0.25) is 0 Å². The lowest BCUT2D eigenvalue weighted by atomic mass is 9.85. The van der Waals surface area contributed by atoms with Crippen molar-refractivity contribution in [3.05, 3.63) is 24.5 Å². The highest BCUT2D eigenvalue weighted by molar-refractivity contribution is 5.73. The van der Waals surface area contributed by atoms with E-state index in [1.807, 2.05) is 29.1 Å². The van der Waals surface area contributed by atoms with Gasteiger partial charge in [0.05, 0.1) is 5.60 Å². The van der Waals surface area contributed by atoms with Gasteiger partial charge in [-0.05, 0) is 25.0 Å². The zero-order valence-electron chi connectivity index (χ0n) is 11.3. The predicted molar refractivity (Wildman–Crippen MR) is 73.9 cm³/mol. The minimum absolute atomic E-state index is 0.203. The number of aromatic nitrogens is 1. The Morgan fingerprint density at radius 1 is 1.16 bits per heavy atom. The molecule has 0 saturated heterocycles. The number of hydrogen-bond acceptors (Lipinski definition) is 2. The molecule has 1 aliphatic rings. The number of nitrogens with one attached hydrogen (secondary N) is 2. The molecule has 1 heterocycles. The van der Waals surface area contributed by atoms with Crippen LogP contribution in [0.4, 0.5) is 4.79 Å². The lowest BCUT2D eigenvalue weighted by Crippen LogP contribution is -2.47. The molecule has 19 heavy (non-hydrogen) atoms. The monoisotopic (exact) mass is 265 g/mol. The van der Waals surface area contributed by atoms with E-state index in [4.69, 9.17) is 0 Å². The maximum absolute atomic E-state index is 11.6. The number of amides is 2. The molecule has 0 bridgehead atoms. The van der Waals surface area contributed by atoms with E-state index in [1.54, 1.807) is 0 Å². The maximum atomic E-state index is 11.6. The Morgan fingerprint density at radius 3 is 2.53 bits per heavy atom. The molecule has 5 nitrogen and oxygen atoms in total. The minimum atomic E-state index is -0.698. The highest BCUT2D eigenvalue weighted by Crippen LogP contribution is 2.27. The van der Waals surface area contributed by atoms with E-state index in [9.17, 15) is 9.90 Å². The van der Waals surface area contributed by atoms with Gasteiger partial charge < -0.3 is 20.3 Å². The fourth-order valence-electron chi connectivity index (χ4n) is 2.51. The number of aliphatic hydroxyl groups is 1. The lowest BCUT2D eigenvalue weighted by Gasteiger charge is -2.32. The molecule has 3 N–H and O–H groups in total. The Kier molecular flexibility index (Phi) is 4.85. The van der Waals surface area contributed by atoms with Gasteiger partial charge in [0.2, 0.25) is 0 Å². The Morgan fingerprint density at radius 2 is 1.84 bits per heavy atom. The van der Waals surface area contributed by atoms with Gasteiger partial charge in [0, 0.05) is 32.0 Å². The molecule has 1 saturated carbocycles. The Bertz CT molecular complexity index is 383. The highest BCUT2D eigenvalue weighted by atomic mass is 16.3. The van der Waals surface area contributed by atoms with E-state index < -0.39 is 5.60 Å². The SMILES string of the molecule is O=C(NCCn1cccc1)NCC1(O)CCCCC1. The van der Waals surface area contributed by atoms with Crippen LogP contribution in [-0.2, 0) is 6.54 Å². The van der Waals surface area contributed by atoms with Gasteiger partial charge in [-0.1, -0.05) is 19.3 Å². The van der Waals surface area contributed by atoms with Gasteiger partial charge in [-0.15, -0.1) is 0 Å². The molecule has 0 aromatic carbocycles. The molecular formula is C14H23N3O2. The number of urea groups is 1. The van der Waals surface area contributed by atoms with Crippen LogP contribution in [0.3, 0.4) is 0 Å². The lowest BCUT2D eigenvalue weighted by molar-refractivity contribution is 0.00720. The van der Waals surface area contributed by atoms with Gasteiger partial charge >= 0.3 is 6.03 Å². The molecule has 1 aromatic rings. The van der Waals surface area contributed by atoms with Crippen molar-refractivity contribution in [1.82, 2.24) is 15.2 Å². The van der Waals surface area contributed by atoms with Gasteiger partial charge in [-0.2, -0.15) is 0 Å². The average molecular weight is 265 g/mol. The Hall–Kier alpha value is -1.49. The third-order valence-corrected chi connectivity index (χ3v) is 3.68. The maximum Gasteiger partial charge on any atom is 0.314 e. The van der Waals surface area contributed by atoms with Crippen molar-refractivity contribution in [3.8, 4) is 0 Å². The zero-order valence-corrected chi connectivity index (χ0v) is 11.3. The number of hydrogen-bond donors (Lipinski definition) is 3. The van der Waals surface area contributed by atoms with E-state index in [2.05, 4.69) is 10.6 Å². The minimum Gasteiger partial charge on any atom is -0.388 e. The van der Waals surface area contributed by atoms with Crippen LogP contribution in [0.25, 0.3) is 0 Å². The van der Waals surface area contributed by atoms with Crippen molar-refractivity contribution in [2.75, 3.05) is 13.1 Å². The molecule has 1 aliphatic carbocycles. The van der Waals surface area contributed by atoms with Gasteiger partial charge in [0.1, 0.15) is 0 Å². The van der Waals surface area contributed by atoms with Crippen molar-refractivity contribution in [1.29, 1.82) is 0 Å². The molecule has 0 atom stereocenters. The summed E-state index contributed by atoms with van der Waals surface area (Å²) in [6.07, 6.45) is 8.79. The van der Waals surface area contributed by atoms with E-state index in [0.29, 0.717) is 13.1 Å². The van der Waals surface area contributed by atoms with Gasteiger partial charge in [-0.3, -0.25) is 0 Å². The molecule has 106 valence electrons. The molecule has 0 aliphatic heterocycles. The molecule has 0 unspecified atom stereocenters. The topological polar surface area (TPSA) is 66.3 Å². The fourth-order valence-corrected chi connectivity index (χ4v) is 2.51. The van der Waals surface area contributed by atoms with E-state index in [0.717, 1.165) is 32.2 Å². The predicted octanol–water partition coefficient (Wildman–Crippen LogP) is 1.48. The molecule has 2 rings (SSSR count). The number of rotatable bonds is 5. The molecule has 0 spiro atoms. The van der Waals surface area contributed by atoms with Crippen molar-refractivity contribution in [3.63, 3.8) is 0 Å². The molecule has 0 radical (unpaired) electrons. The Balaban J connectivity index is 1.61. The highest BCUT2D eigenvalue weighted by Gasteiger charge is 2.29. The van der Waals surface area contributed by atoms with Gasteiger partial charge in [0.25, 0.3) is 0 Å². The third-order valence-electron chi connectivity index (χ3n) is 3.68. The van der Waals surface area contributed by atoms with Crippen LogP contribution in [0.5, 0.6) is 0 Å². The number of carbonyl (C=O) groups is 1. The largest absolute Gasteiger partial charge is 0.388 e. The van der Waals surface area contributed by atoms with Crippen LogP contribution >= 0.6 is 0 Å². The van der Waals surface area contributed by atoms with Crippen LogP contribution in [-0.4, -0.2) is 34.4 Å². The van der Waals surface area contributed by atoms with Crippen LogP contribution in [0.15, 0.2) is 24.5 Å². The summed E-state index contributed by atoms with van der Waals surface area (Å²) in [5.74, 6) is 0. The second kappa shape index (κ2) is 6.61. The van der Waals surface area contributed by atoms with Crippen molar-refractivity contribution >= 4 is 6.03 Å². The van der Waals surface area contributed by atoms with Crippen LogP contribution in [0, 0.1) is 0 Å². The average Bonchev–Trinajstić information content (AvgIpc) is 2.91. The van der Waals surface area contributed by atoms with E-state index in [-0.39, 0.29) is 6.03 Å². The summed E-state index contributed by atoms with van der Waals surface area (Å²) in [4.78, 5) is 11.6. The number of nitrogens with zero attached hydrogens (tertiary/aromatic N) is 1. The summed E-state index contributed by atoms with van der Waals surface area (Å²) < 4.78 is 2.01. The quantitative estimate of drug-likeness (QED) is 0.755. The molecule has 5 heteroatoms. The first kappa shape index (κ1) is 13.9. The molecule has 1 fully saturated rings. The van der Waals surface area contributed by atoms with Gasteiger partial charge in [0.15, 0.2) is 0 Å². The second-order valence-electron chi connectivity index (χ2n) is 5.32. The third kappa shape index (κ3) is 4.59. The normalized spacial score (nSPS) is 17.9. The first-order valence-electron chi connectivity index (χ1n) is 7.03. The summed E-state index contributed by atoms with van der Waals surface area (Å²) in [5.41, 5.74) is -0.698. The number of carbonyl (C=O) groups excluding carboxylic acids is 1. The first-order chi connectivity index (χ1) is 9.18. The first-order valence-corrected chi connectivity index (χ1v) is 7.03. The summed E-state index contributed by atoms with van der Waals surface area (Å²) in [6.45, 7) is 1.69. The Labute approximate surface area is 114 Å². The summed E-state index contributed by atoms with van der Waals surface area (Å²) in [5, 5.41) is 15.8. The van der Waals surface area contributed by atoms with Crippen molar-refractivity contribution < 1.29 is 9.90 Å². The summed E-state index contributed by atoms with van der Waals surface area (Å²) >= 11 is 0. The van der Waals surface area contributed by atoms with Crippen LogP contribution < -0.4 is 10.6 Å². The second-order valence-corrected chi connectivity index (χ2v) is 5.32. The van der Waals surface area contributed by atoms with Crippen molar-refractivity contribution in [2.45, 2.75) is 44.2 Å². The zero-order chi connectivity index (χ0) is 13.6. The van der Waals surface area contributed by atoms with Crippen molar-refractivity contribution in [2.24, 2.45) is 0 Å². The standard InChI is InChI=1S/C14H23N3O2/c18-13(15-8-11-17-9-4-5-10-17)16-12-14(19)6-2-1-3-7-14/h4-5,9-10,19H,1-3,6-8,11-12H2,(H2,15,16,18). The van der Waals surface area contributed by atoms with Crippen LogP contribution in [0.1, 0.15) is 32.1 Å².